The number of rotatable bonds is 4. The molecule has 1 saturated heterocycles. The quantitative estimate of drug-likeness (QED) is 0.606. The Labute approximate surface area is 139 Å². The van der Waals surface area contributed by atoms with Crippen LogP contribution in [0.4, 0.5) is 5.13 Å². The minimum atomic E-state index is -1.35. The lowest BCUT2D eigenvalue weighted by molar-refractivity contribution is -0.143. The van der Waals surface area contributed by atoms with Gasteiger partial charge >= 0.3 is 5.97 Å². The molecule has 3 rings (SSSR count). The average Bonchev–Trinajstić information content (AvgIpc) is 3.15. The second kappa shape index (κ2) is 5.91. The number of carboxylic acid groups (broad SMARTS) is 1. The van der Waals surface area contributed by atoms with Gasteiger partial charge in [-0.15, -0.1) is 11.3 Å². The highest BCUT2D eigenvalue weighted by molar-refractivity contribution is 7.13. The van der Waals surface area contributed by atoms with Crippen LogP contribution in [-0.4, -0.2) is 57.0 Å². The lowest BCUT2D eigenvalue weighted by atomic mass is 10.2. The second-order valence-electron chi connectivity index (χ2n) is 5.22. The number of aliphatic carboxylic acids is 1. The number of thiazole rings is 1. The summed E-state index contributed by atoms with van der Waals surface area (Å²) in [6, 6.07) is 0.920. The van der Waals surface area contributed by atoms with Crippen molar-refractivity contribution < 1.29 is 19.5 Å². The molecule has 24 heavy (non-hydrogen) atoms. The summed E-state index contributed by atoms with van der Waals surface area (Å²) in [7, 11) is 0. The number of nitrogens with zero attached hydrogens (tertiary/aromatic N) is 4. The van der Waals surface area contributed by atoms with Crippen LogP contribution in [0, 0.1) is 11.3 Å². The molecule has 0 unspecified atom stereocenters. The third kappa shape index (κ3) is 2.68. The summed E-state index contributed by atoms with van der Waals surface area (Å²) in [5.41, 5.74) is 5.65. The molecule has 1 aromatic heterocycles. The maximum absolute atomic E-state index is 12.4. The largest absolute Gasteiger partial charge is 0.476 e. The molecule has 124 valence electrons. The summed E-state index contributed by atoms with van der Waals surface area (Å²) >= 11 is 1.21. The highest BCUT2D eigenvalue weighted by Gasteiger charge is 2.48. The molecule has 0 spiro atoms. The van der Waals surface area contributed by atoms with Crippen LogP contribution in [0.15, 0.2) is 16.7 Å². The van der Waals surface area contributed by atoms with Crippen molar-refractivity contribution in [2.24, 2.45) is 0 Å². The van der Waals surface area contributed by atoms with Gasteiger partial charge in [0.05, 0.1) is 30.3 Å². The molecule has 4 N–H and O–H groups in total. The molecule has 2 aliphatic rings. The van der Waals surface area contributed by atoms with Crippen LogP contribution in [0.1, 0.15) is 5.69 Å². The van der Waals surface area contributed by atoms with E-state index in [-0.39, 0.29) is 30.8 Å². The molecule has 11 heteroatoms. The summed E-state index contributed by atoms with van der Waals surface area (Å²) < 4.78 is 0. The van der Waals surface area contributed by atoms with E-state index in [2.05, 4.69) is 10.3 Å². The van der Waals surface area contributed by atoms with E-state index in [0.29, 0.717) is 10.8 Å². The Morgan fingerprint density at radius 1 is 1.58 bits per heavy atom. The number of carboxylic acids is 1. The van der Waals surface area contributed by atoms with Crippen molar-refractivity contribution in [3.05, 3.63) is 22.3 Å². The Hall–Kier alpha value is -2.97. The Balaban J connectivity index is 1.69. The van der Waals surface area contributed by atoms with Crippen molar-refractivity contribution in [3.8, 4) is 6.07 Å². The molecule has 0 radical (unpaired) electrons. The molecule has 0 saturated carbocycles. The van der Waals surface area contributed by atoms with Crippen molar-refractivity contribution in [1.82, 2.24) is 20.3 Å². The molecule has 1 aromatic rings. The number of hydrogen-bond donors (Lipinski definition) is 3. The van der Waals surface area contributed by atoms with Gasteiger partial charge in [0, 0.05) is 11.9 Å². The number of hydrazine groups is 1. The summed E-state index contributed by atoms with van der Waals surface area (Å²) in [5, 5.41) is 25.1. The third-order valence-corrected chi connectivity index (χ3v) is 4.33. The predicted octanol–water partition coefficient (Wildman–Crippen LogP) is -1.31. The Morgan fingerprint density at radius 2 is 2.33 bits per heavy atom. The zero-order valence-corrected chi connectivity index (χ0v) is 13.0. The Kier molecular flexibility index (Phi) is 3.92. The SMILES string of the molecule is N#CC1=C(C(=O)O)N2C(=O)[C@@H](NC(=O)Cc3csc(N)n3)CN2C1. The van der Waals surface area contributed by atoms with E-state index in [1.54, 1.807) is 11.4 Å². The van der Waals surface area contributed by atoms with Crippen LogP contribution in [0.25, 0.3) is 0 Å². The van der Waals surface area contributed by atoms with Gasteiger partial charge in [0.1, 0.15) is 6.04 Å². The number of amides is 2. The van der Waals surface area contributed by atoms with Gasteiger partial charge in [0.25, 0.3) is 5.91 Å². The fourth-order valence-electron chi connectivity index (χ4n) is 2.66. The first kappa shape index (κ1) is 15.9. The molecule has 1 atom stereocenters. The number of nitriles is 1. The maximum atomic E-state index is 12.4. The first-order valence-corrected chi connectivity index (χ1v) is 7.73. The Bertz CT molecular complexity index is 810. The number of hydrogen-bond acceptors (Lipinski definition) is 8. The minimum Gasteiger partial charge on any atom is -0.476 e. The van der Waals surface area contributed by atoms with E-state index in [0.717, 1.165) is 5.01 Å². The van der Waals surface area contributed by atoms with Gasteiger partial charge in [-0.05, 0) is 0 Å². The standard InChI is InChI=1S/C13H12N6O4S/c14-2-6-3-18-4-8(11(21)19(18)10(6)12(22)23)17-9(20)1-7-5-24-13(15)16-7/h5,8H,1,3-4H2,(H2,15,16)(H,17,20)(H,22,23)/t8-/m0/s1. The molecule has 10 nitrogen and oxygen atoms in total. The van der Waals surface area contributed by atoms with Gasteiger partial charge in [-0.2, -0.15) is 5.26 Å². The zero-order valence-electron chi connectivity index (χ0n) is 12.2. The van der Waals surface area contributed by atoms with E-state index in [4.69, 9.17) is 11.0 Å². The molecule has 2 amide bonds. The topological polar surface area (TPSA) is 153 Å². The number of anilines is 1. The number of nitrogen functional groups attached to an aromatic ring is 1. The predicted molar refractivity (Wildman–Crippen MR) is 80.9 cm³/mol. The fourth-order valence-corrected chi connectivity index (χ4v) is 3.22. The summed E-state index contributed by atoms with van der Waals surface area (Å²) in [6.45, 7) is 0.130. The molecule has 0 aromatic carbocycles. The van der Waals surface area contributed by atoms with Crippen molar-refractivity contribution in [1.29, 1.82) is 5.26 Å². The highest BCUT2D eigenvalue weighted by Crippen LogP contribution is 2.29. The van der Waals surface area contributed by atoms with E-state index in [9.17, 15) is 19.5 Å². The molecular formula is C13H12N6O4S. The number of fused-ring (bicyclic) bond motifs is 1. The van der Waals surface area contributed by atoms with Gasteiger partial charge in [0.15, 0.2) is 10.8 Å². The number of carbonyl (C=O) groups is 3. The van der Waals surface area contributed by atoms with E-state index < -0.39 is 23.8 Å². The molecule has 1 fully saturated rings. The van der Waals surface area contributed by atoms with Gasteiger partial charge in [-0.25, -0.2) is 19.8 Å². The molecule has 2 aliphatic heterocycles. The normalized spacial score (nSPS) is 20.2. The molecular weight excluding hydrogens is 336 g/mol. The van der Waals surface area contributed by atoms with Crippen molar-refractivity contribution >= 4 is 34.3 Å². The highest BCUT2D eigenvalue weighted by atomic mass is 32.1. The first-order chi connectivity index (χ1) is 11.4. The summed E-state index contributed by atoms with van der Waals surface area (Å²) in [4.78, 5) is 39.7. The average molecular weight is 348 g/mol. The van der Waals surface area contributed by atoms with Crippen LogP contribution in [0.5, 0.6) is 0 Å². The second-order valence-corrected chi connectivity index (χ2v) is 6.10. The van der Waals surface area contributed by atoms with E-state index in [1.165, 1.54) is 16.3 Å². The van der Waals surface area contributed by atoms with Crippen LogP contribution >= 0.6 is 11.3 Å². The molecule has 0 aliphatic carbocycles. The summed E-state index contributed by atoms with van der Waals surface area (Å²) in [5.74, 6) is -2.35. The lowest BCUT2D eigenvalue weighted by Crippen LogP contribution is -2.43. The van der Waals surface area contributed by atoms with Crippen molar-refractivity contribution in [3.63, 3.8) is 0 Å². The van der Waals surface area contributed by atoms with Crippen LogP contribution in [0.3, 0.4) is 0 Å². The van der Waals surface area contributed by atoms with Crippen LogP contribution < -0.4 is 11.1 Å². The molecule has 0 bridgehead atoms. The molecule has 3 heterocycles. The third-order valence-electron chi connectivity index (χ3n) is 3.61. The number of nitrogens with two attached hydrogens (primary N) is 1. The zero-order chi connectivity index (χ0) is 17.4. The van der Waals surface area contributed by atoms with E-state index >= 15 is 0 Å². The van der Waals surface area contributed by atoms with Crippen molar-refractivity contribution in [2.45, 2.75) is 12.5 Å². The maximum Gasteiger partial charge on any atom is 0.355 e. The minimum absolute atomic E-state index is 0.0126. The Morgan fingerprint density at radius 3 is 2.92 bits per heavy atom. The number of carbonyl (C=O) groups excluding carboxylic acids is 2. The van der Waals surface area contributed by atoms with Gasteiger partial charge in [-0.3, -0.25) is 9.59 Å². The van der Waals surface area contributed by atoms with Crippen LogP contribution in [0.2, 0.25) is 0 Å². The van der Waals surface area contributed by atoms with Crippen molar-refractivity contribution in [2.75, 3.05) is 18.8 Å². The monoisotopic (exact) mass is 348 g/mol. The smallest absolute Gasteiger partial charge is 0.355 e. The fraction of sp³-hybridized carbons (Fsp3) is 0.308. The first-order valence-electron chi connectivity index (χ1n) is 6.85. The van der Waals surface area contributed by atoms with E-state index in [1.807, 2.05) is 0 Å². The number of nitrogens with one attached hydrogen (secondary N) is 1. The van der Waals surface area contributed by atoms with Gasteiger partial charge in [0.2, 0.25) is 5.91 Å². The number of aromatic nitrogens is 1. The van der Waals surface area contributed by atoms with Gasteiger partial charge in [-0.1, -0.05) is 0 Å². The van der Waals surface area contributed by atoms with Crippen LogP contribution in [-0.2, 0) is 20.8 Å². The summed E-state index contributed by atoms with van der Waals surface area (Å²) in [6.07, 6.45) is -0.0252. The van der Waals surface area contributed by atoms with Gasteiger partial charge < -0.3 is 16.2 Å². The lowest BCUT2D eigenvalue weighted by Gasteiger charge is -2.18.